The minimum absolute atomic E-state index is 0.00107. The van der Waals surface area contributed by atoms with Crippen molar-refractivity contribution in [2.24, 2.45) is 5.92 Å². The van der Waals surface area contributed by atoms with Crippen LogP contribution in [0.3, 0.4) is 0 Å². The smallest absolute Gasteiger partial charge is 0.223 e. The maximum Gasteiger partial charge on any atom is 0.223 e. The minimum Gasteiger partial charge on any atom is -0.384 e. The maximum absolute atomic E-state index is 12.3. The molecule has 2 N–H and O–H groups in total. The van der Waals surface area contributed by atoms with Crippen LogP contribution in [0.15, 0.2) is 54.6 Å². The normalized spacial score (nSPS) is 22.2. The second-order valence-corrected chi connectivity index (χ2v) is 6.79. The van der Waals surface area contributed by atoms with E-state index in [1.807, 2.05) is 54.6 Å². The van der Waals surface area contributed by atoms with E-state index in [1.54, 1.807) is 6.92 Å². The third-order valence-corrected chi connectivity index (χ3v) is 4.68. The molecule has 0 saturated heterocycles. The van der Waals surface area contributed by atoms with E-state index in [4.69, 9.17) is 11.6 Å². The van der Waals surface area contributed by atoms with E-state index < -0.39 is 5.60 Å². The number of hydrogen-bond acceptors (Lipinski definition) is 2. The van der Waals surface area contributed by atoms with Gasteiger partial charge >= 0.3 is 0 Å². The Bertz CT molecular complexity index is 682. The predicted molar refractivity (Wildman–Crippen MR) is 91.3 cm³/mol. The minimum atomic E-state index is -1.07. The Morgan fingerprint density at radius 3 is 2.52 bits per heavy atom. The van der Waals surface area contributed by atoms with Gasteiger partial charge in [0.05, 0.1) is 6.54 Å². The van der Waals surface area contributed by atoms with Gasteiger partial charge in [-0.15, -0.1) is 0 Å². The van der Waals surface area contributed by atoms with Crippen LogP contribution in [0.5, 0.6) is 0 Å². The van der Waals surface area contributed by atoms with Gasteiger partial charge in [-0.05, 0) is 42.5 Å². The number of nitrogens with one attached hydrogen (secondary N) is 1. The second-order valence-electron chi connectivity index (χ2n) is 6.36. The van der Waals surface area contributed by atoms with Crippen LogP contribution in [0.2, 0.25) is 5.02 Å². The number of benzene rings is 2. The van der Waals surface area contributed by atoms with Gasteiger partial charge in [0.1, 0.15) is 5.60 Å². The quantitative estimate of drug-likeness (QED) is 0.882. The van der Waals surface area contributed by atoms with Crippen molar-refractivity contribution in [2.45, 2.75) is 24.9 Å². The molecular formula is C19H20ClNO2. The Hall–Kier alpha value is -1.84. The van der Waals surface area contributed by atoms with Crippen LogP contribution in [0.25, 0.3) is 0 Å². The molecule has 3 unspecified atom stereocenters. The molecule has 1 amide bonds. The molecule has 0 radical (unpaired) electrons. The standard InChI is InChI=1S/C19H20ClNO2/c1-19(23,14-5-3-2-4-6-14)12-21-18(22)17-11-16(17)13-7-9-15(20)10-8-13/h2-10,16-17,23H,11-12H2,1H3,(H,21,22). The molecular weight excluding hydrogens is 310 g/mol. The first-order valence-corrected chi connectivity index (χ1v) is 8.16. The van der Waals surface area contributed by atoms with E-state index in [9.17, 15) is 9.90 Å². The van der Waals surface area contributed by atoms with Crippen molar-refractivity contribution in [2.75, 3.05) is 6.54 Å². The van der Waals surface area contributed by atoms with Gasteiger partial charge in [-0.25, -0.2) is 0 Å². The molecule has 4 heteroatoms. The topological polar surface area (TPSA) is 49.3 Å². The molecule has 0 heterocycles. The Kier molecular flexibility index (Phi) is 4.42. The number of carbonyl (C=O) groups is 1. The highest BCUT2D eigenvalue weighted by Crippen LogP contribution is 2.47. The van der Waals surface area contributed by atoms with Crippen LogP contribution in [0.4, 0.5) is 0 Å². The molecule has 1 fully saturated rings. The summed E-state index contributed by atoms with van der Waals surface area (Å²) in [7, 11) is 0. The molecule has 3 atom stereocenters. The SMILES string of the molecule is CC(O)(CNC(=O)C1CC1c1ccc(Cl)cc1)c1ccccc1. The Balaban J connectivity index is 1.56. The number of rotatable bonds is 5. The molecule has 3 nitrogen and oxygen atoms in total. The molecule has 0 bridgehead atoms. The van der Waals surface area contributed by atoms with Crippen molar-refractivity contribution in [1.29, 1.82) is 0 Å². The molecule has 3 rings (SSSR count). The van der Waals surface area contributed by atoms with Gasteiger partial charge in [0, 0.05) is 10.9 Å². The first-order valence-electron chi connectivity index (χ1n) is 7.78. The predicted octanol–water partition coefficient (Wildman–Crippen LogP) is 3.47. The third kappa shape index (κ3) is 3.74. The molecule has 0 aliphatic heterocycles. The number of hydrogen-bond donors (Lipinski definition) is 2. The lowest BCUT2D eigenvalue weighted by Gasteiger charge is -2.24. The monoisotopic (exact) mass is 329 g/mol. The first kappa shape index (κ1) is 16.0. The lowest BCUT2D eigenvalue weighted by Crippen LogP contribution is -2.39. The van der Waals surface area contributed by atoms with Gasteiger partial charge in [-0.2, -0.15) is 0 Å². The summed E-state index contributed by atoms with van der Waals surface area (Å²) in [5.41, 5.74) is 0.872. The average Bonchev–Trinajstić information content (AvgIpc) is 3.35. The van der Waals surface area contributed by atoms with E-state index in [2.05, 4.69) is 5.32 Å². The van der Waals surface area contributed by atoms with Crippen molar-refractivity contribution >= 4 is 17.5 Å². The summed E-state index contributed by atoms with van der Waals surface area (Å²) in [5.74, 6) is 0.248. The zero-order chi connectivity index (χ0) is 16.4. The van der Waals surface area contributed by atoms with Crippen LogP contribution < -0.4 is 5.32 Å². The third-order valence-electron chi connectivity index (χ3n) is 4.43. The highest BCUT2D eigenvalue weighted by atomic mass is 35.5. The summed E-state index contributed by atoms with van der Waals surface area (Å²) in [6, 6.07) is 17.0. The van der Waals surface area contributed by atoms with E-state index in [0.29, 0.717) is 5.02 Å². The molecule has 1 saturated carbocycles. The van der Waals surface area contributed by atoms with Gasteiger partial charge in [0.15, 0.2) is 0 Å². The fourth-order valence-electron chi connectivity index (χ4n) is 2.85. The van der Waals surface area contributed by atoms with Crippen molar-refractivity contribution in [3.63, 3.8) is 0 Å². The van der Waals surface area contributed by atoms with Crippen LogP contribution in [-0.2, 0) is 10.4 Å². The fraction of sp³-hybridized carbons (Fsp3) is 0.316. The number of carbonyl (C=O) groups excluding carboxylic acids is 1. The van der Waals surface area contributed by atoms with Gasteiger partial charge in [-0.1, -0.05) is 54.1 Å². The van der Waals surface area contributed by atoms with Gasteiger partial charge in [0.25, 0.3) is 0 Å². The van der Waals surface area contributed by atoms with Crippen molar-refractivity contribution in [1.82, 2.24) is 5.32 Å². The van der Waals surface area contributed by atoms with E-state index in [-0.39, 0.29) is 24.3 Å². The molecule has 2 aromatic rings. The second kappa shape index (κ2) is 6.34. The van der Waals surface area contributed by atoms with Crippen molar-refractivity contribution < 1.29 is 9.90 Å². The lowest BCUT2D eigenvalue weighted by molar-refractivity contribution is -0.123. The van der Waals surface area contributed by atoms with E-state index >= 15 is 0 Å². The van der Waals surface area contributed by atoms with Crippen LogP contribution in [-0.4, -0.2) is 17.6 Å². The zero-order valence-electron chi connectivity index (χ0n) is 13.0. The van der Waals surface area contributed by atoms with Crippen molar-refractivity contribution in [3.05, 3.63) is 70.7 Å². The highest BCUT2D eigenvalue weighted by molar-refractivity contribution is 6.30. The lowest BCUT2D eigenvalue weighted by atomic mass is 9.96. The van der Waals surface area contributed by atoms with E-state index in [0.717, 1.165) is 17.5 Å². The zero-order valence-corrected chi connectivity index (χ0v) is 13.8. The maximum atomic E-state index is 12.3. The first-order chi connectivity index (χ1) is 11.0. The summed E-state index contributed by atoms with van der Waals surface area (Å²) >= 11 is 5.89. The molecule has 23 heavy (non-hydrogen) atoms. The van der Waals surface area contributed by atoms with Crippen LogP contribution in [0, 0.1) is 5.92 Å². The molecule has 1 aliphatic rings. The highest BCUT2D eigenvalue weighted by Gasteiger charge is 2.44. The Morgan fingerprint density at radius 1 is 1.22 bits per heavy atom. The van der Waals surface area contributed by atoms with Crippen molar-refractivity contribution in [3.8, 4) is 0 Å². The summed E-state index contributed by atoms with van der Waals surface area (Å²) < 4.78 is 0. The number of aliphatic hydroxyl groups is 1. The van der Waals surface area contributed by atoms with Crippen LogP contribution in [0.1, 0.15) is 30.4 Å². The van der Waals surface area contributed by atoms with Gasteiger partial charge < -0.3 is 10.4 Å². The molecule has 120 valence electrons. The molecule has 0 spiro atoms. The van der Waals surface area contributed by atoms with Crippen LogP contribution >= 0.6 is 11.6 Å². The van der Waals surface area contributed by atoms with Gasteiger partial charge in [-0.3, -0.25) is 4.79 Å². The molecule has 2 aromatic carbocycles. The Labute approximate surface area is 141 Å². The molecule has 1 aliphatic carbocycles. The van der Waals surface area contributed by atoms with Gasteiger partial charge in [0.2, 0.25) is 5.91 Å². The summed E-state index contributed by atoms with van der Waals surface area (Å²) in [6.45, 7) is 1.92. The largest absolute Gasteiger partial charge is 0.384 e. The number of amides is 1. The Morgan fingerprint density at radius 2 is 1.87 bits per heavy atom. The number of halogens is 1. The summed E-state index contributed by atoms with van der Waals surface area (Å²) in [5, 5.41) is 14.1. The summed E-state index contributed by atoms with van der Waals surface area (Å²) in [4.78, 5) is 12.3. The van der Waals surface area contributed by atoms with E-state index in [1.165, 1.54) is 0 Å². The fourth-order valence-corrected chi connectivity index (χ4v) is 2.98. The summed E-state index contributed by atoms with van der Waals surface area (Å²) in [6.07, 6.45) is 0.848. The average molecular weight is 330 g/mol. The molecule has 0 aromatic heterocycles.